The summed E-state index contributed by atoms with van der Waals surface area (Å²) in [5.74, 6) is 0.990. The molecule has 6 nitrogen and oxygen atoms in total. The average Bonchev–Trinajstić information content (AvgIpc) is 2.72. The summed E-state index contributed by atoms with van der Waals surface area (Å²) >= 11 is 0. The zero-order valence-corrected chi connectivity index (χ0v) is 17.1. The molecule has 1 saturated heterocycles. The van der Waals surface area contributed by atoms with Crippen LogP contribution in [0.2, 0.25) is 0 Å². The van der Waals surface area contributed by atoms with E-state index in [4.69, 9.17) is 0 Å². The highest BCUT2D eigenvalue weighted by atomic mass is 16.1. The third-order valence-electron chi connectivity index (χ3n) is 5.04. The lowest BCUT2D eigenvalue weighted by Crippen LogP contribution is -2.53. The van der Waals surface area contributed by atoms with Crippen LogP contribution in [0.3, 0.4) is 0 Å². The molecule has 0 aliphatic carbocycles. The van der Waals surface area contributed by atoms with Gasteiger partial charge in [0.15, 0.2) is 5.96 Å². The van der Waals surface area contributed by atoms with Crippen molar-refractivity contribution >= 4 is 11.9 Å². The third-order valence-corrected chi connectivity index (χ3v) is 5.04. The summed E-state index contributed by atoms with van der Waals surface area (Å²) in [6, 6.07) is 11.3. The van der Waals surface area contributed by atoms with Crippen LogP contribution in [-0.2, 0) is 4.79 Å². The SMILES string of the molecule is CCCNC(=O)CCNC(=NC)N1CCN(C(CC)c2ccccc2)CC1. The van der Waals surface area contributed by atoms with E-state index in [0.717, 1.165) is 51.5 Å². The van der Waals surface area contributed by atoms with Crippen molar-refractivity contribution < 1.29 is 4.79 Å². The van der Waals surface area contributed by atoms with Crippen LogP contribution >= 0.6 is 0 Å². The Labute approximate surface area is 164 Å². The Kier molecular flexibility index (Phi) is 9.11. The molecule has 1 aliphatic rings. The van der Waals surface area contributed by atoms with Crippen molar-refractivity contribution in [3.63, 3.8) is 0 Å². The van der Waals surface area contributed by atoms with E-state index in [1.165, 1.54) is 5.56 Å². The molecule has 0 aromatic heterocycles. The fourth-order valence-electron chi connectivity index (χ4n) is 3.60. The smallest absolute Gasteiger partial charge is 0.221 e. The van der Waals surface area contributed by atoms with E-state index in [0.29, 0.717) is 19.0 Å². The summed E-state index contributed by atoms with van der Waals surface area (Å²) < 4.78 is 0. The first-order valence-electron chi connectivity index (χ1n) is 10.2. The van der Waals surface area contributed by atoms with Gasteiger partial charge in [-0.25, -0.2) is 0 Å². The minimum absolute atomic E-state index is 0.0956. The molecule has 0 bridgehead atoms. The largest absolute Gasteiger partial charge is 0.356 e. The lowest BCUT2D eigenvalue weighted by molar-refractivity contribution is -0.120. The number of guanidine groups is 1. The van der Waals surface area contributed by atoms with Gasteiger partial charge in [0.2, 0.25) is 5.91 Å². The number of amides is 1. The second-order valence-electron chi connectivity index (χ2n) is 6.93. The molecule has 1 fully saturated rings. The van der Waals surface area contributed by atoms with Gasteiger partial charge in [0, 0.05) is 58.8 Å². The Morgan fingerprint density at radius 3 is 2.37 bits per heavy atom. The second kappa shape index (κ2) is 11.6. The number of nitrogens with one attached hydrogen (secondary N) is 2. The van der Waals surface area contributed by atoms with Crippen molar-refractivity contribution in [1.29, 1.82) is 0 Å². The topological polar surface area (TPSA) is 60.0 Å². The lowest BCUT2D eigenvalue weighted by Gasteiger charge is -2.40. The Morgan fingerprint density at radius 1 is 1.07 bits per heavy atom. The van der Waals surface area contributed by atoms with E-state index in [9.17, 15) is 4.79 Å². The van der Waals surface area contributed by atoms with Gasteiger partial charge in [0.25, 0.3) is 0 Å². The summed E-state index contributed by atoms with van der Waals surface area (Å²) in [6.07, 6.45) is 2.56. The Hall–Kier alpha value is -2.08. The zero-order valence-electron chi connectivity index (χ0n) is 17.1. The normalized spacial score (nSPS) is 16.9. The lowest BCUT2D eigenvalue weighted by atomic mass is 10.0. The highest BCUT2D eigenvalue weighted by Crippen LogP contribution is 2.25. The molecule has 150 valence electrons. The van der Waals surface area contributed by atoms with Crippen LogP contribution in [0.5, 0.6) is 0 Å². The molecule has 1 unspecified atom stereocenters. The number of benzene rings is 1. The van der Waals surface area contributed by atoms with Gasteiger partial charge >= 0.3 is 0 Å². The number of hydrogen-bond acceptors (Lipinski definition) is 3. The van der Waals surface area contributed by atoms with E-state index >= 15 is 0 Å². The molecule has 1 atom stereocenters. The molecule has 2 N–H and O–H groups in total. The van der Waals surface area contributed by atoms with Crippen LogP contribution < -0.4 is 10.6 Å². The maximum Gasteiger partial charge on any atom is 0.221 e. The van der Waals surface area contributed by atoms with Crippen molar-refractivity contribution in [2.45, 2.75) is 39.2 Å². The zero-order chi connectivity index (χ0) is 19.5. The number of rotatable bonds is 8. The van der Waals surface area contributed by atoms with Gasteiger partial charge in [-0.2, -0.15) is 0 Å². The van der Waals surface area contributed by atoms with Crippen LogP contribution in [0.1, 0.15) is 44.7 Å². The van der Waals surface area contributed by atoms with Gasteiger partial charge in [-0.15, -0.1) is 0 Å². The molecular weight excluding hydrogens is 338 g/mol. The minimum Gasteiger partial charge on any atom is -0.356 e. The average molecular weight is 374 g/mol. The van der Waals surface area contributed by atoms with Crippen molar-refractivity contribution in [1.82, 2.24) is 20.4 Å². The van der Waals surface area contributed by atoms with Crippen LogP contribution in [-0.4, -0.2) is 68.0 Å². The summed E-state index contributed by atoms with van der Waals surface area (Å²) in [4.78, 5) is 21.0. The van der Waals surface area contributed by atoms with Gasteiger partial charge < -0.3 is 15.5 Å². The molecule has 1 aromatic carbocycles. The minimum atomic E-state index is 0.0956. The summed E-state index contributed by atoms with van der Waals surface area (Å²) in [6.45, 7) is 9.61. The Bertz CT molecular complexity index is 581. The molecular formula is C21H35N5O. The Morgan fingerprint density at radius 2 is 1.78 bits per heavy atom. The number of carbonyl (C=O) groups excluding carboxylic acids is 1. The first-order chi connectivity index (χ1) is 13.2. The molecule has 27 heavy (non-hydrogen) atoms. The third kappa shape index (κ3) is 6.54. The maximum absolute atomic E-state index is 11.7. The fraction of sp³-hybridized carbons (Fsp3) is 0.619. The van der Waals surface area contributed by atoms with E-state index in [-0.39, 0.29) is 5.91 Å². The van der Waals surface area contributed by atoms with E-state index < -0.39 is 0 Å². The quantitative estimate of drug-likeness (QED) is 0.542. The summed E-state index contributed by atoms with van der Waals surface area (Å²) in [5.41, 5.74) is 1.40. The predicted octanol–water partition coefficient (Wildman–Crippen LogP) is 2.25. The van der Waals surface area contributed by atoms with Crippen LogP contribution in [0, 0.1) is 0 Å². The van der Waals surface area contributed by atoms with Crippen LogP contribution in [0.15, 0.2) is 35.3 Å². The molecule has 1 amide bonds. The molecule has 1 aliphatic heterocycles. The van der Waals surface area contributed by atoms with Crippen LogP contribution in [0.4, 0.5) is 0 Å². The summed E-state index contributed by atoms with van der Waals surface area (Å²) in [7, 11) is 1.81. The van der Waals surface area contributed by atoms with Crippen molar-refractivity contribution in [2.75, 3.05) is 46.3 Å². The number of hydrogen-bond donors (Lipinski definition) is 2. The molecule has 0 saturated carbocycles. The fourth-order valence-corrected chi connectivity index (χ4v) is 3.60. The van der Waals surface area contributed by atoms with Crippen molar-refractivity contribution in [3.05, 3.63) is 35.9 Å². The van der Waals surface area contributed by atoms with Gasteiger partial charge in [-0.05, 0) is 18.4 Å². The second-order valence-corrected chi connectivity index (χ2v) is 6.93. The first kappa shape index (κ1) is 21.2. The molecule has 0 spiro atoms. The van der Waals surface area contributed by atoms with E-state index in [2.05, 4.69) is 69.6 Å². The molecule has 2 rings (SSSR count). The number of nitrogens with zero attached hydrogens (tertiary/aromatic N) is 3. The first-order valence-corrected chi connectivity index (χ1v) is 10.2. The maximum atomic E-state index is 11.7. The molecule has 0 radical (unpaired) electrons. The highest BCUT2D eigenvalue weighted by Gasteiger charge is 2.25. The summed E-state index contributed by atoms with van der Waals surface area (Å²) in [5, 5.41) is 6.24. The van der Waals surface area contributed by atoms with Crippen LogP contribution in [0.25, 0.3) is 0 Å². The molecule has 1 aromatic rings. The van der Waals surface area contributed by atoms with Crippen molar-refractivity contribution in [3.8, 4) is 0 Å². The number of carbonyl (C=O) groups is 1. The monoisotopic (exact) mass is 373 g/mol. The van der Waals surface area contributed by atoms with Gasteiger partial charge in [-0.1, -0.05) is 44.2 Å². The van der Waals surface area contributed by atoms with E-state index in [1.807, 2.05) is 7.05 Å². The van der Waals surface area contributed by atoms with Crippen molar-refractivity contribution in [2.24, 2.45) is 4.99 Å². The Balaban J connectivity index is 1.80. The van der Waals surface area contributed by atoms with Gasteiger partial charge in [-0.3, -0.25) is 14.7 Å². The molecule has 1 heterocycles. The van der Waals surface area contributed by atoms with Gasteiger partial charge in [0.1, 0.15) is 0 Å². The van der Waals surface area contributed by atoms with E-state index in [1.54, 1.807) is 0 Å². The predicted molar refractivity (Wildman–Crippen MR) is 112 cm³/mol. The standard InChI is InChI=1S/C21H35N5O/c1-4-12-23-20(27)11-13-24-21(22-3)26-16-14-25(15-17-26)19(5-2)18-9-7-6-8-10-18/h6-10,19H,4-5,11-17H2,1-3H3,(H,22,24)(H,23,27). The number of aliphatic imine (C=N–C) groups is 1. The highest BCUT2D eigenvalue weighted by molar-refractivity contribution is 5.81. The molecule has 6 heteroatoms. The number of piperazine rings is 1. The van der Waals surface area contributed by atoms with Gasteiger partial charge in [0.05, 0.1) is 0 Å².